The molecule has 0 amide bonds. The lowest BCUT2D eigenvalue weighted by Crippen LogP contribution is -2.53. The van der Waals surface area contributed by atoms with Gasteiger partial charge in [-0.05, 0) is 18.9 Å². The van der Waals surface area contributed by atoms with E-state index in [1.165, 1.54) is 4.31 Å². The molecule has 2 N–H and O–H groups in total. The van der Waals surface area contributed by atoms with Gasteiger partial charge in [0.25, 0.3) is 0 Å². The van der Waals surface area contributed by atoms with Gasteiger partial charge in [0.1, 0.15) is 0 Å². The monoisotopic (exact) mass is 192 g/mol. The SMILES string of the molecule is CCCS(=O)(=O)N1CC(CN)C1. The first-order valence-corrected chi connectivity index (χ1v) is 5.89. The maximum Gasteiger partial charge on any atom is 0.214 e. The van der Waals surface area contributed by atoms with Crippen LogP contribution in [0.4, 0.5) is 0 Å². The second-order valence-electron chi connectivity index (χ2n) is 3.23. The molecule has 1 aliphatic heterocycles. The minimum Gasteiger partial charge on any atom is -0.330 e. The average molecular weight is 192 g/mol. The largest absolute Gasteiger partial charge is 0.330 e. The van der Waals surface area contributed by atoms with Gasteiger partial charge in [-0.3, -0.25) is 0 Å². The molecule has 0 bridgehead atoms. The lowest BCUT2D eigenvalue weighted by Gasteiger charge is -2.37. The summed E-state index contributed by atoms with van der Waals surface area (Å²) in [6.07, 6.45) is 0.687. The molecule has 0 saturated carbocycles. The predicted octanol–water partition coefficient (Wildman–Crippen LogP) is -0.383. The van der Waals surface area contributed by atoms with Crippen LogP contribution >= 0.6 is 0 Å². The van der Waals surface area contributed by atoms with Crippen LogP contribution < -0.4 is 5.73 Å². The summed E-state index contributed by atoms with van der Waals surface area (Å²) in [4.78, 5) is 0. The number of hydrogen-bond acceptors (Lipinski definition) is 3. The Morgan fingerprint density at radius 2 is 2.08 bits per heavy atom. The summed E-state index contributed by atoms with van der Waals surface area (Å²) in [6, 6.07) is 0. The lowest BCUT2D eigenvalue weighted by molar-refractivity contribution is 0.207. The second kappa shape index (κ2) is 3.72. The molecule has 1 saturated heterocycles. The van der Waals surface area contributed by atoms with E-state index in [4.69, 9.17) is 5.73 Å². The molecule has 0 atom stereocenters. The van der Waals surface area contributed by atoms with Gasteiger partial charge in [-0.2, -0.15) is 0 Å². The molecule has 0 aromatic carbocycles. The van der Waals surface area contributed by atoms with Crippen molar-refractivity contribution in [3.63, 3.8) is 0 Å². The van der Waals surface area contributed by atoms with E-state index in [2.05, 4.69) is 0 Å². The number of nitrogens with zero attached hydrogens (tertiary/aromatic N) is 1. The average Bonchev–Trinajstić information content (AvgIpc) is 1.83. The second-order valence-corrected chi connectivity index (χ2v) is 5.32. The van der Waals surface area contributed by atoms with Crippen molar-refractivity contribution in [2.75, 3.05) is 25.4 Å². The van der Waals surface area contributed by atoms with Gasteiger partial charge in [-0.15, -0.1) is 0 Å². The maximum atomic E-state index is 11.4. The smallest absolute Gasteiger partial charge is 0.214 e. The fourth-order valence-electron chi connectivity index (χ4n) is 1.29. The van der Waals surface area contributed by atoms with Gasteiger partial charge in [0.05, 0.1) is 5.75 Å². The van der Waals surface area contributed by atoms with Gasteiger partial charge in [-0.1, -0.05) is 6.92 Å². The fourth-order valence-corrected chi connectivity index (χ4v) is 2.94. The normalized spacial score (nSPS) is 20.8. The Hall–Kier alpha value is -0.130. The molecular weight excluding hydrogens is 176 g/mol. The molecule has 0 unspecified atom stereocenters. The lowest BCUT2D eigenvalue weighted by atomic mass is 10.0. The molecule has 1 heterocycles. The number of hydrogen-bond donors (Lipinski definition) is 1. The van der Waals surface area contributed by atoms with Crippen molar-refractivity contribution in [3.8, 4) is 0 Å². The summed E-state index contributed by atoms with van der Waals surface area (Å²) in [5.41, 5.74) is 5.39. The van der Waals surface area contributed by atoms with Gasteiger partial charge < -0.3 is 5.73 Å². The zero-order valence-electron chi connectivity index (χ0n) is 7.36. The van der Waals surface area contributed by atoms with E-state index in [0.717, 1.165) is 0 Å². The molecule has 4 nitrogen and oxygen atoms in total. The highest BCUT2D eigenvalue weighted by Crippen LogP contribution is 2.18. The Balaban J connectivity index is 2.41. The van der Waals surface area contributed by atoms with Crippen molar-refractivity contribution in [2.24, 2.45) is 11.7 Å². The van der Waals surface area contributed by atoms with Gasteiger partial charge in [0.15, 0.2) is 0 Å². The Bertz CT molecular complexity index is 232. The molecule has 0 aromatic rings. The van der Waals surface area contributed by atoms with Gasteiger partial charge in [0, 0.05) is 13.1 Å². The topological polar surface area (TPSA) is 63.4 Å². The predicted molar refractivity (Wildman–Crippen MR) is 48.2 cm³/mol. The number of rotatable bonds is 4. The molecule has 72 valence electrons. The molecule has 0 aromatic heterocycles. The van der Waals surface area contributed by atoms with Crippen molar-refractivity contribution < 1.29 is 8.42 Å². The van der Waals surface area contributed by atoms with E-state index in [9.17, 15) is 8.42 Å². The van der Waals surface area contributed by atoms with Crippen molar-refractivity contribution in [1.82, 2.24) is 4.31 Å². The van der Waals surface area contributed by atoms with Gasteiger partial charge in [0.2, 0.25) is 10.0 Å². The zero-order chi connectivity index (χ0) is 9.19. The summed E-state index contributed by atoms with van der Waals surface area (Å²) < 4.78 is 24.2. The Morgan fingerprint density at radius 3 is 2.50 bits per heavy atom. The third kappa shape index (κ3) is 1.97. The van der Waals surface area contributed by atoms with Crippen LogP contribution in [0.15, 0.2) is 0 Å². The van der Waals surface area contributed by atoms with E-state index >= 15 is 0 Å². The molecular formula is C7H16N2O2S. The van der Waals surface area contributed by atoms with Crippen LogP contribution in [-0.2, 0) is 10.0 Å². The standard InChI is InChI=1S/C7H16N2O2S/c1-2-3-12(10,11)9-5-7(4-8)6-9/h7H,2-6,8H2,1H3. The molecule has 0 aliphatic carbocycles. The molecule has 1 fully saturated rings. The summed E-state index contributed by atoms with van der Waals surface area (Å²) in [7, 11) is -2.94. The van der Waals surface area contributed by atoms with E-state index in [-0.39, 0.29) is 5.75 Å². The van der Waals surface area contributed by atoms with Crippen molar-refractivity contribution in [2.45, 2.75) is 13.3 Å². The van der Waals surface area contributed by atoms with E-state index < -0.39 is 10.0 Å². The highest BCUT2D eigenvalue weighted by Gasteiger charge is 2.33. The zero-order valence-corrected chi connectivity index (χ0v) is 8.18. The van der Waals surface area contributed by atoms with Crippen molar-refractivity contribution >= 4 is 10.0 Å². The number of nitrogens with two attached hydrogens (primary N) is 1. The molecule has 1 rings (SSSR count). The summed E-state index contributed by atoms with van der Waals surface area (Å²) >= 11 is 0. The third-order valence-electron chi connectivity index (χ3n) is 2.11. The summed E-state index contributed by atoms with van der Waals surface area (Å²) in [5, 5.41) is 0. The Morgan fingerprint density at radius 1 is 1.50 bits per heavy atom. The quantitative estimate of drug-likeness (QED) is 0.660. The minimum absolute atomic E-state index is 0.268. The van der Waals surface area contributed by atoms with Crippen LogP contribution in [0.1, 0.15) is 13.3 Å². The third-order valence-corrected chi connectivity index (χ3v) is 4.12. The highest BCUT2D eigenvalue weighted by molar-refractivity contribution is 7.89. The molecule has 0 spiro atoms. The summed E-state index contributed by atoms with van der Waals surface area (Å²) in [5.74, 6) is 0.654. The Labute approximate surface area is 73.8 Å². The van der Waals surface area contributed by atoms with Crippen LogP contribution in [-0.4, -0.2) is 38.1 Å². The van der Waals surface area contributed by atoms with E-state index in [0.29, 0.717) is 32.0 Å². The van der Waals surface area contributed by atoms with Crippen LogP contribution in [0.2, 0.25) is 0 Å². The minimum atomic E-state index is -2.94. The Kier molecular flexibility index (Phi) is 3.09. The summed E-state index contributed by atoms with van der Waals surface area (Å²) in [6.45, 7) is 3.72. The molecule has 1 aliphatic rings. The van der Waals surface area contributed by atoms with Crippen LogP contribution in [0.5, 0.6) is 0 Å². The first-order chi connectivity index (χ1) is 5.60. The number of sulfonamides is 1. The van der Waals surface area contributed by atoms with Gasteiger partial charge in [-0.25, -0.2) is 12.7 Å². The van der Waals surface area contributed by atoms with Gasteiger partial charge >= 0.3 is 0 Å². The van der Waals surface area contributed by atoms with Crippen molar-refractivity contribution in [1.29, 1.82) is 0 Å². The first kappa shape index (κ1) is 9.95. The maximum absolute atomic E-state index is 11.4. The fraction of sp³-hybridized carbons (Fsp3) is 1.00. The highest BCUT2D eigenvalue weighted by atomic mass is 32.2. The molecule has 12 heavy (non-hydrogen) atoms. The van der Waals surface area contributed by atoms with E-state index in [1.807, 2.05) is 6.92 Å². The van der Waals surface area contributed by atoms with Crippen LogP contribution in [0.25, 0.3) is 0 Å². The van der Waals surface area contributed by atoms with Crippen LogP contribution in [0, 0.1) is 5.92 Å². The van der Waals surface area contributed by atoms with Crippen LogP contribution in [0.3, 0.4) is 0 Å². The first-order valence-electron chi connectivity index (χ1n) is 4.28. The molecule has 5 heteroatoms. The van der Waals surface area contributed by atoms with Crippen molar-refractivity contribution in [3.05, 3.63) is 0 Å². The van der Waals surface area contributed by atoms with E-state index in [1.54, 1.807) is 0 Å². The molecule has 0 radical (unpaired) electrons.